The Balaban J connectivity index is 1.92. The van der Waals surface area contributed by atoms with Crippen molar-refractivity contribution in [3.63, 3.8) is 0 Å². The van der Waals surface area contributed by atoms with Crippen molar-refractivity contribution in [2.24, 2.45) is 4.99 Å². The van der Waals surface area contributed by atoms with Crippen LogP contribution in [0.15, 0.2) is 76.2 Å². The van der Waals surface area contributed by atoms with Gasteiger partial charge in [-0.15, -0.1) is 0 Å². The third kappa shape index (κ3) is 5.42. The van der Waals surface area contributed by atoms with Crippen molar-refractivity contribution in [3.05, 3.63) is 101 Å². The van der Waals surface area contributed by atoms with Crippen LogP contribution in [0.25, 0.3) is 6.08 Å². The van der Waals surface area contributed by atoms with Gasteiger partial charge in [-0.05, 0) is 65.3 Å². The monoisotopic (exact) mass is 630 g/mol. The summed E-state index contributed by atoms with van der Waals surface area (Å²) in [4.78, 5) is 31.9. The molecule has 37 heavy (non-hydrogen) atoms. The molecule has 192 valence electrons. The number of methoxy groups -OCH3 is 1. The number of rotatable bonds is 9. The molecule has 0 radical (unpaired) electrons. The lowest BCUT2D eigenvalue weighted by molar-refractivity contribution is -0.136. The maximum Gasteiger partial charge on any atom is 0.338 e. The molecule has 3 aromatic rings. The number of thiazole rings is 1. The van der Waals surface area contributed by atoms with Gasteiger partial charge >= 0.3 is 5.97 Å². The van der Waals surface area contributed by atoms with Crippen molar-refractivity contribution in [1.29, 1.82) is 0 Å². The molecule has 2 aromatic carbocycles. The van der Waals surface area contributed by atoms with Crippen LogP contribution in [0.1, 0.15) is 37.4 Å². The number of allylic oxidation sites excluding steroid dienone is 1. The first-order chi connectivity index (χ1) is 17.9. The fourth-order valence-electron chi connectivity index (χ4n) is 4.18. The van der Waals surface area contributed by atoms with Gasteiger partial charge in [-0.25, -0.2) is 9.79 Å². The summed E-state index contributed by atoms with van der Waals surface area (Å²) in [6, 6.07) is 12.6. The van der Waals surface area contributed by atoms with E-state index in [9.17, 15) is 9.59 Å². The normalized spacial score (nSPS) is 15.1. The van der Waals surface area contributed by atoms with E-state index in [-0.39, 0.29) is 5.56 Å². The zero-order valence-electron chi connectivity index (χ0n) is 20.8. The molecular weight excluding hydrogens is 603 g/mol. The number of fused-ring (bicyclic) bond motifs is 1. The van der Waals surface area contributed by atoms with E-state index in [0.29, 0.717) is 51.7 Å². The van der Waals surface area contributed by atoms with Crippen molar-refractivity contribution >= 4 is 46.0 Å². The van der Waals surface area contributed by atoms with Crippen molar-refractivity contribution in [3.8, 4) is 11.5 Å². The molecule has 1 atom stereocenters. The number of halogens is 1. The molecule has 0 saturated carbocycles. The molecule has 1 aromatic heterocycles. The Morgan fingerprint density at radius 1 is 1.22 bits per heavy atom. The number of esters is 1. The topological polar surface area (TPSA) is 79.1 Å². The molecule has 0 spiro atoms. The maximum atomic E-state index is 13.8. The molecule has 1 aliphatic rings. The highest BCUT2D eigenvalue weighted by atomic mass is 127. The Kier molecular flexibility index (Phi) is 8.65. The molecule has 0 fully saturated rings. The van der Waals surface area contributed by atoms with Crippen LogP contribution in [0.4, 0.5) is 0 Å². The fourth-order valence-corrected chi connectivity index (χ4v) is 5.98. The van der Waals surface area contributed by atoms with E-state index in [1.165, 1.54) is 18.4 Å². The Morgan fingerprint density at radius 3 is 2.62 bits per heavy atom. The number of nitrogens with zero attached hydrogens (tertiary/aromatic N) is 2. The first kappa shape index (κ1) is 26.9. The van der Waals surface area contributed by atoms with Crippen LogP contribution in [-0.2, 0) is 9.53 Å². The predicted octanol–water partition coefficient (Wildman–Crippen LogP) is 4.37. The van der Waals surface area contributed by atoms with Crippen molar-refractivity contribution < 1.29 is 19.0 Å². The minimum Gasteiger partial charge on any atom is -0.490 e. The Bertz CT molecular complexity index is 1540. The molecule has 0 amide bonds. The number of aromatic nitrogens is 1. The van der Waals surface area contributed by atoms with Gasteiger partial charge in [0.1, 0.15) is 6.61 Å². The van der Waals surface area contributed by atoms with Gasteiger partial charge in [0.25, 0.3) is 5.56 Å². The van der Waals surface area contributed by atoms with Gasteiger partial charge < -0.3 is 14.2 Å². The highest BCUT2D eigenvalue weighted by molar-refractivity contribution is 14.1. The van der Waals surface area contributed by atoms with Crippen molar-refractivity contribution in [2.75, 3.05) is 20.3 Å². The van der Waals surface area contributed by atoms with Crippen molar-refractivity contribution in [2.45, 2.75) is 26.3 Å². The summed E-state index contributed by atoms with van der Waals surface area (Å²) < 4.78 is 19.7. The molecule has 0 bridgehead atoms. The molecule has 0 unspecified atom stereocenters. The second kappa shape index (κ2) is 11.9. The number of carbonyl (C=O) groups excluding carboxylic acids is 1. The molecule has 0 N–H and O–H groups in total. The minimum absolute atomic E-state index is 0.228. The molecule has 4 rings (SSSR count). The summed E-state index contributed by atoms with van der Waals surface area (Å²) in [5.41, 5.74) is 2.38. The van der Waals surface area contributed by atoms with Crippen LogP contribution in [0, 0.1) is 3.57 Å². The fraction of sp³-hybridized carbons (Fsp3) is 0.250. The van der Waals surface area contributed by atoms with Crippen LogP contribution >= 0.6 is 33.9 Å². The zero-order valence-corrected chi connectivity index (χ0v) is 23.8. The average molecular weight is 631 g/mol. The Morgan fingerprint density at radius 2 is 1.97 bits per heavy atom. The third-order valence-electron chi connectivity index (χ3n) is 5.74. The first-order valence-corrected chi connectivity index (χ1v) is 13.7. The lowest BCUT2D eigenvalue weighted by Gasteiger charge is -2.25. The second-order valence-corrected chi connectivity index (χ2v) is 10.2. The summed E-state index contributed by atoms with van der Waals surface area (Å²) in [6.45, 7) is 8.38. The van der Waals surface area contributed by atoms with Gasteiger partial charge in [-0.3, -0.25) is 9.36 Å². The predicted molar refractivity (Wildman–Crippen MR) is 153 cm³/mol. The maximum absolute atomic E-state index is 13.8. The quantitative estimate of drug-likeness (QED) is 0.200. The minimum atomic E-state index is -0.629. The molecule has 9 heteroatoms. The first-order valence-electron chi connectivity index (χ1n) is 11.8. The highest BCUT2D eigenvalue weighted by Crippen LogP contribution is 2.35. The highest BCUT2D eigenvalue weighted by Gasteiger charge is 2.33. The van der Waals surface area contributed by atoms with Gasteiger partial charge in [0.2, 0.25) is 0 Å². The summed E-state index contributed by atoms with van der Waals surface area (Å²) in [6.07, 6.45) is 4.03. The molecule has 0 saturated heterocycles. The van der Waals surface area contributed by atoms with E-state index < -0.39 is 12.0 Å². The van der Waals surface area contributed by atoms with Gasteiger partial charge in [0, 0.05) is 0 Å². The van der Waals surface area contributed by atoms with Crippen LogP contribution < -0.4 is 24.4 Å². The van der Waals surface area contributed by atoms with Crippen LogP contribution in [0.5, 0.6) is 11.5 Å². The van der Waals surface area contributed by atoms with Crippen LogP contribution in [-0.4, -0.2) is 30.9 Å². The van der Waals surface area contributed by atoms with Crippen molar-refractivity contribution in [1.82, 2.24) is 4.57 Å². The lowest BCUT2D eigenvalue weighted by atomic mass is 9.95. The smallest absolute Gasteiger partial charge is 0.338 e. The van der Waals surface area contributed by atoms with E-state index in [2.05, 4.69) is 29.2 Å². The second-order valence-electron chi connectivity index (χ2n) is 8.06. The SMILES string of the molecule is C=CCOc1c(I)cc(/C=c2/sc3n(c2=O)[C@H](c2ccccc2)C(C(=O)OC)=C(CC)N=3)cc1OCC. The number of hydrogen-bond acceptors (Lipinski definition) is 7. The van der Waals surface area contributed by atoms with E-state index in [1.54, 1.807) is 10.6 Å². The summed E-state index contributed by atoms with van der Waals surface area (Å²) >= 11 is 3.49. The molecule has 1 aliphatic heterocycles. The van der Waals surface area contributed by atoms with Gasteiger partial charge in [0.05, 0.1) is 39.1 Å². The molecular formula is C28H27IN2O5S. The summed E-state index contributed by atoms with van der Waals surface area (Å²) in [7, 11) is 1.34. The molecule has 7 nitrogen and oxygen atoms in total. The zero-order chi connectivity index (χ0) is 26.5. The van der Waals surface area contributed by atoms with E-state index >= 15 is 0 Å². The van der Waals surface area contributed by atoms with Gasteiger partial charge in [-0.2, -0.15) is 0 Å². The number of ether oxygens (including phenoxy) is 3. The average Bonchev–Trinajstić information content (AvgIpc) is 3.21. The summed E-state index contributed by atoms with van der Waals surface area (Å²) in [5.74, 6) is 0.744. The largest absolute Gasteiger partial charge is 0.490 e. The number of hydrogen-bond donors (Lipinski definition) is 0. The van der Waals surface area contributed by atoms with Gasteiger partial charge in [0.15, 0.2) is 16.3 Å². The Hall–Kier alpha value is -3.18. The Labute approximate surface area is 232 Å². The third-order valence-corrected chi connectivity index (χ3v) is 7.52. The standard InChI is InChI=1S/C28H27IN2O5S/c1-5-13-36-25-19(29)14-17(15-21(25)35-7-3)16-22-26(32)31-24(18-11-9-8-10-12-18)23(27(33)34-4)20(6-2)30-28(31)37-22/h5,8-12,14-16,24H,1,6-7,13H2,2-4H3/b22-16+/t24-/m1/s1. The van der Waals surface area contributed by atoms with E-state index in [0.717, 1.165) is 14.7 Å². The summed E-state index contributed by atoms with van der Waals surface area (Å²) in [5, 5.41) is 0. The van der Waals surface area contributed by atoms with E-state index in [1.807, 2.05) is 62.4 Å². The number of benzene rings is 2. The van der Waals surface area contributed by atoms with E-state index in [4.69, 9.17) is 19.2 Å². The molecule has 2 heterocycles. The number of carbonyl (C=O) groups is 1. The van der Waals surface area contributed by atoms with Gasteiger partial charge in [-0.1, -0.05) is 61.2 Å². The van der Waals surface area contributed by atoms with Crippen LogP contribution in [0.2, 0.25) is 0 Å². The molecule has 0 aliphatic carbocycles. The van der Waals surface area contributed by atoms with Crippen LogP contribution in [0.3, 0.4) is 0 Å². The lowest BCUT2D eigenvalue weighted by Crippen LogP contribution is -2.40.